The molecule has 0 spiro atoms. The zero-order chi connectivity index (χ0) is 15.5. The first-order valence-electron chi connectivity index (χ1n) is 8.79. The Hall–Kier alpha value is -1.35. The van der Waals surface area contributed by atoms with E-state index < -0.39 is 0 Å². The molecule has 3 heteroatoms. The smallest absolute Gasteiger partial charge is 0.254 e. The van der Waals surface area contributed by atoms with Crippen molar-refractivity contribution in [2.24, 2.45) is 0 Å². The molecule has 1 aromatic carbocycles. The third kappa shape index (κ3) is 3.19. The van der Waals surface area contributed by atoms with Gasteiger partial charge >= 0.3 is 0 Å². The van der Waals surface area contributed by atoms with Gasteiger partial charge in [-0.05, 0) is 82.2 Å². The van der Waals surface area contributed by atoms with Gasteiger partial charge in [0.15, 0.2) is 0 Å². The van der Waals surface area contributed by atoms with E-state index >= 15 is 0 Å². The SMILES string of the molecule is Cc1ccc(C2CCNCC2)cc1C(=O)N1CCCCC1C. The van der Waals surface area contributed by atoms with Crippen LogP contribution in [0, 0.1) is 6.92 Å². The zero-order valence-corrected chi connectivity index (χ0v) is 13.9. The summed E-state index contributed by atoms with van der Waals surface area (Å²) in [5, 5.41) is 3.42. The average Bonchev–Trinajstić information content (AvgIpc) is 2.56. The van der Waals surface area contributed by atoms with E-state index in [1.165, 1.54) is 24.8 Å². The number of rotatable bonds is 2. The number of aryl methyl sites for hydroxylation is 1. The van der Waals surface area contributed by atoms with E-state index in [0.29, 0.717) is 12.0 Å². The second kappa shape index (κ2) is 6.82. The van der Waals surface area contributed by atoms with Crippen molar-refractivity contribution < 1.29 is 4.79 Å². The fourth-order valence-corrected chi connectivity index (χ4v) is 3.83. The molecular formula is C19H28N2O. The standard InChI is InChI=1S/C19H28N2O/c1-14-6-7-17(16-8-10-20-11-9-16)13-18(14)19(22)21-12-4-3-5-15(21)2/h6-7,13,15-16,20H,3-5,8-12H2,1-2H3. The second-order valence-corrected chi connectivity index (χ2v) is 6.94. The second-order valence-electron chi connectivity index (χ2n) is 6.94. The number of hydrogen-bond acceptors (Lipinski definition) is 2. The summed E-state index contributed by atoms with van der Waals surface area (Å²) in [5.74, 6) is 0.840. The van der Waals surface area contributed by atoms with Crippen LogP contribution in [0.5, 0.6) is 0 Å². The summed E-state index contributed by atoms with van der Waals surface area (Å²) in [5.41, 5.74) is 3.38. The van der Waals surface area contributed by atoms with Crippen LogP contribution in [0.1, 0.15) is 66.4 Å². The zero-order valence-electron chi connectivity index (χ0n) is 13.9. The number of nitrogens with one attached hydrogen (secondary N) is 1. The molecule has 0 saturated carbocycles. The lowest BCUT2D eigenvalue weighted by Crippen LogP contribution is -2.42. The summed E-state index contributed by atoms with van der Waals surface area (Å²) in [6.45, 7) is 7.34. The van der Waals surface area contributed by atoms with E-state index in [2.05, 4.69) is 42.3 Å². The van der Waals surface area contributed by atoms with Gasteiger partial charge in [-0.3, -0.25) is 4.79 Å². The highest BCUT2D eigenvalue weighted by molar-refractivity contribution is 5.96. The van der Waals surface area contributed by atoms with Crippen LogP contribution in [-0.4, -0.2) is 36.5 Å². The first-order valence-corrected chi connectivity index (χ1v) is 8.79. The van der Waals surface area contributed by atoms with Gasteiger partial charge in [-0.15, -0.1) is 0 Å². The predicted octanol–water partition coefficient (Wildman–Crippen LogP) is 3.48. The number of likely N-dealkylation sites (tertiary alicyclic amines) is 1. The summed E-state index contributed by atoms with van der Waals surface area (Å²) >= 11 is 0. The lowest BCUT2D eigenvalue weighted by atomic mass is 9.88. The predicted molar refractivity (Wildman–Crippen MR) is 90.4 cm³/mol. The van der Waals surface area contributed by atoms with Crippen LogP contribution in [0.4, 0.5) is 0 Å². The van der Waals surface area contributed by atoms with Crippen LogP contribution in [0.25, 0.3) is 0 Å². The average molecular weight is 300 g/mol. The van der Waals surface area contributed by atoms with Gasteiger partial charge in [-0.2, -0.15) is 0 Å². The first-order chi connectivity index (χ1) is 10.7. The molecule has 0 radical (unpaired) electrons. The highest BCUT2D eigenvalue weighted by atomic mass is 16.2. The van der Waals surface area contributed by atoms with E-state index in [0.717, 1.165) is 43.6 Å². The molecule has 1 amide bonds. The van der Waals surface area contributed by atoms with Crippen LogP contribution in [-0.2, 0) is 0 Å². The third-order valence-electron chi connectivity index (χ3n) is 5.37. The normalized spacial score (nSPS) is 23.5. The van der Waals surface area contributed by atoms with Gasteiger partial charge in [0.05, 0.1) is 0 Å². The first kappa shape index (κ1) is 15.5. The number of piperidine rings is 2. The fraction of sp³-hybridized carbons (Fsp3) is 0.632. The van der Waals surface area contributed by atoms with Gasteiger partial charge in [-0.1, -0.05) is 12.1 Å². The molecule has 120 valence electrons. The molecule has 1 aromatic rings. The molecule has 1 N–H and O–H groups in total. The molecule has 2 fully saturated rings. The molecule has 3 rings (SSSR count). The van der Waals surface area contributed by atoms with Crippen molar-refractivity contribution in [2.75, 3.05) is 19.6 Å². The molecule has 2 aliphatic rings. The van der Waals surface area contributed by atoms with Crippen molar-refractivity contribution in [3.63, 3.8) is 0 Å². The van der Waals surface area contributed by atoms with Crippen molar-refractivity contribution in [3.8, 4) is 0 Å². The number of carbonyl (C=O) groups excluding carboxylic acids is 1. The van der Waals surface area contributed by atoms with Crippen LogP contribution in [0.3, 0.4) is 0 Å². The summed E-state index contributed by atoms with van der Waals surface area (Å²) in [7, 11) is 0. The minimum absolute atomic E-state index is 0.237. The van der Waals surface area contributed by atoms with E-state index in [1.54, 1.807) is 0 Å². The van der Waals surface area contributed by atoms with Crippen LogP contribution < -0.4 is 5.32 Å². The van der Waals surface area contributed by atoms with Crippen molar-refractivity contribution in [3.05, 3.63) is 34.9 Å². The topological polar surface area (TPSA) is 32.3 Å². The molecule has 0 bridgehead atoms. The maximum atomic E-state index is 13.0. The van der Waals surface area contributed by atoms with Crippen molar-refractivity contribution in [1.29, 1.82) is 0 Å². The third-order valence-corrected chi connectivity index (χ3v) is 5.37. The maximum Gasteiger partial charge on any atom is 0.254 e. The molecule has 1 atom stereocenters. The van der Waals surface area contributed by atoms with Crippen molar-refractivity contribution in [2.45, 2.75) is 57.9 Å². The Balaban J connectivity index is 1.84. The fourth-order valence-electron chi connectivity index (χ4n) is 3.83. The minimum atomic E-state index is 0.237. The summed E-state index contributed by atoms with van der Waals surface area (Å²) in [6.07, 6.45) is 5.88. The highest BCUT2D eigenvalue weighted by Crippen LogP contribution is 2.28. The Morgan fingerprint density at radius 3 is 2.68 bits per heavy atom. The number of nitrogens with zero attached hydrogens (tertiary/aromatic N) is 1. The van der Waals surface area contributed by atoms with E-state index in [1.807, 2.05) is 0 Å². The van der Waals surface area contributed by atoms with Gasteiger partial charge in [0, 0.05) is 18.2 Å². The summed E-state index contributed by atoms with van der Waals surface area (Å²) in [6, 6.07) is 6.92. The number of benzene rings is 1. The molecule has 0 aromatic heterocycles. The Bertz CT molecular complexity index is 534. The van der Waals surface area contributed by atoms with E-state index in [9.17, 15) is 4.79 Å². The Morgan fingerprint density at radius 2 is 1.95 bits per heavy atom. The Kier molecular flexibility index (Phi) is 4.82. The molecule has 2 aliphatic heterocycles. The minimum Gasteiger partial charge on any atom is -0.336 e. The summed E-state index contributed by atoms with van der Waals surface area (Å²) in [4.78, 5) is 15.1. The number of hydrogen-bond donors (Lipinski definition) is 1. The van der Waals surface area contributed by atoms with Gasteiger partial charge in [0.1, 0.15) is 0 Å². The largest absolute Gasteiger partial charge is 0.336 e. The van der Waals surface area contributed by atoms with Crippen LogP contribution in [0.2, 0.25) is 0 Å². The Labute approximate surface area is 134 Å². The van der Waals surface area contributed by atoms with Gasteiger partial charge in [-0.25, -0.2) is 0 Å². The van der Waals surface area contributed by atoms with Gasteiger partial charge < -0.3 is 10.2 Å². The lowest BCUT2D eigenvalue weighted by molar-refractivity contribution is 0.0634. The highest BCUT2D eigenvalue weighted by Gasteiger charge is 2.26. The van der Waals surface area contributed by atoms with Gasteiger partial charge in [0.2, 0.25) is 0 Å². The molecule has 2 saturated heterocycles. The lowest BCUT2D eigenvalue weighted by Gasteiger charge is -2.34. The van der Waals surface area contributed by atoms with Crippen LogP contribution >= 0.6 is 0 Å². The Morgan fingerprint density at radius 1 is 1.18 bits per heavy atom. The molecule has 3 nitrogen and oxygen atoms in total. The van der Waals surface area contributed by atoms with E-state index in [-0.39, 0.29) is 5.91 Å². The molecule has 2 heterocycles. The number of carbonyl (C=O) groups is 1. The molecular weight excluding hydrogens is 272 g/mol. The van der Waals surface area contributed by atoms with Crippen molar-refractivity contribution in [1.82, 2.24) is 10.2 Å². The number of amides is 1. The van der Waals surface area contributed by atoms with Crippen molar-refractivity contribution >= 4 is 5.91 Å². The van der Waals surface area contributed by atoms with E-state index in [4.69, 9.17) is 0 Å². The quantitative estimate of drug-likeness (QED) is 0.907. The molecule has 1 unspecified atom stereocenters. The molecule has 22 heavy (non-hydrogen) atoms. The van der Waals surface area contributed by atoms with Gasteiger partial charge in [0.25, 0.3) is 5.91 Å². The monoisotopic (exact) mass is 300 g/mol. The summed E-state index contributed by atoms with van der Waals surface area (Å²) < 4.78 is 0. The van der Waals surface area contributed by atoms with Crippen LogP contribution in [0.15, 0.2) is 18.2 Å². The maximum absolute atomic E-state index is 13.0. The molecule has 0 aliphatic carbocycles.